The molecule has 0 aliphatic carbocycles. The Morgan fingerprint density at radius 1 is 1.35 bits per heavy atom. The van der Waals surface area contributed by atoms with Gasteiger partial charge in [-0.2, -0.15) is 8.42 Å². The smallest absolute Gasteiger partial charge is 0.303 e. The molecule has 96 valence electrons. The van der Waals surface area contributed by atoms with Crippen LogP contribution in [0, 0.1) is 0 Å². The van der Waals surface area contributed by atoms with Crippen molar-refractivity contribution in [2.24, 2.45) is 0 Å². The Labute approximate surface area is 98.8 Å². The zero-order chi connectivity index (χ0) is 13.6. The van der Waals surface area contributed by atoms with Crippen molar-refractivity contribution in [3.8, 4) is 0 Å². The highest BCUT2D eigenvalue weighted by Crippen LogP contribution is 2.19. The van der Waals surface area contributed by atoms with E-state index in [-0.39, 0.29) is 17.0 Å². The molecule has 0 aromatic heterocycles. The minimum Gasteiger partial charge on any atom is -0.481 e. The maximum absolute atomic E-state index is 10.6. The van der Waals surface area contributed by atoms with Crippen LogP contribution in [0.3, 0.4) is 0 Å². The number of nitrogens with two attached hydrogens (primary N) is 2. The molecule has 8 heteroatoms. The van der Waals surface area contributed by atoms with Gasteiger partial charge in [-0.05, 0) is 18.2 Å². The van der Waals surface area contributed by atoms with E-state index in [1.165, 1.54) is 12.1 Å². The van der Waals surface area contributed by atoms with E-state index >= 15 is 0 Å². The van der Waals surface area contributed by atoms with E-state index in [0.29, 0.717) is 5.69 Å². The maximum atomic E-state index is 10.6. The molecule has 0 spiro atoms. The first-order valence-electron chi connectivity index (χ1n) is 4.52. The number of carboxylic acids is 1. The Morgan fingerprint density at radius 2 is 1.82 bits per heavy atom. The molecular formula is C9H14N2O5S. The van der Waals surface area contributed by atoms with Gasteiger partial charge in [0.05, 0.1) is 5.69 Å². The molecule has 0 heterocycles. The van der Waals surface area contributed by atoms with Gasteiger partial charge in [0, 0.05) is 12.1 Å². The number of rotatable bonds is 2. The minimum absolute atomic E-state index is 0.0579. The van der Waals surface area contributed by atoms with Crippen LogP contribution < -0.4 is 11.5 Å². The van der Waals surface area contributed by atoms with Crippen molar-refractivity contribution in [3.05, 3.63) is 18.2 Å². The highest BCUT2D eigenvalue weighted by atomic mass is 32.2. The fourth-order valence-corrected chi connectivity index (χ4v) is 1.40. The summed E-state index contributed by atoms with van der Waals surface area (Å²) in [6, 6.07) is 3.77. The molecule has 0 saturated heterocycles. The van der Waals surface area contributed by atoms with Crippen molar-refractivity contribution in [3.63, 3.8) is 0 Å². The first-order valence-corrected chi connectivity index (χ1v) is 5.96. The topological polar surface area (TPSA) is 144 Å². The number of anilines is 2. The van der Waals surface area contributed by atoms with Gasteiger partial charge in [-0.1, -0.05) is 6.92 Å². The van der Waals surface area contributed by atoms with Crippen LogP contribution in [0.5, 0.6) is 0 Å². The summed E-state index contributed by atoms with van der Waals surface area (Å²) in [6.45, 7) is 1.60. The van der Waals surface area contributed by atoms with E-state index in [1.54, 1.807) is 6.92 Å². The van der Waals surface area contributed by atoms with Crippen LogP contribution in [-0.2, 0) is 14.9 Å². The van der Waals surface area contributed by atoms with Crippen molar-refractivity contribution in [1.29, 1.82) is 0 Å². The van der Waals surface area contributed by atoms with E-state index in [4.69, 9.17) is 21.1 Å². The third-order valence-corrected chi connectivity index (χ3v) is 2.54. The molecule has 0 aliphatic rings. The van der Waals surface area contributed by atoms with Crippen LogP contribution in [0.15, 0.2) is 23.1 Å². The number of benzene rings is 1. The van der Waals surface area contributed by atoms with Gasteiger partial charge in [-0.15, -0.1) is 0 Å². The highest BCUT2D eigenvalue weighted by molar-refractivity contribution is 7.86. The lowest BCUT2D eigenvalue weighted by atomic mass is 10.3. The molecule has 0 amide bonds. The lowest BCUT2D eigenvalue weighted by Gasteiger charge is -2.01. The molecule has 0 unspecified atom stereocenters. The SMILES string of the molecule is CCC(=O)O.Nc1ccc(S(=O)(=O)O)c(N)c1. The Kier molecular flexibility index (Phi) is 5.42. The van der Waals surface area contributed by atoms with Crippen LogP contribution >= 0.6 is 0 Å². The summed E-state index contributed by atoms with van der Waals surface area (Å²) in [6.07, 6.45) is 0.222. The Balaban J connectivity index is 0.000000437. The lowest BCUT2D eigenvalue weighted by molar-refractivity contribution is -0.136. The number of hydrogen-bond acceptors (Lipinski definition) is 5. The van der Waals surface area contributed by atoms with Gasteiger partial charge in [0.1, 0.15) is 4.90 Å². The first kappa shape index (κ1) is 15.2. The van der Waals surface area contributed by atoms with Crippen LogP contribution in [0.25, 0.3) is 0 Å². The van der Waals surface area contributed by atoms with Crippen molar-refractivity contribution >= 4 is 27.5 Å². The monoisotopic (exact) mass is 262 g/mol. The van der Waals surface area contributed by atoms with Gasteiger partial charge >= 0.3 is 5.97 Å². The summed E-state index contributed by atoms with van der Waals surface area (Å²) < 4.78 is 29.8. The van der Waals surface area contributed by atoms with E-state index < -0.39 is 16.1 Å². The molecule has 17 heavy (non-hydrogen) atoms. The molecule has 0 saturated carbocycles. The van der Waals surface area contributed by atoms with Crippen LogP contribution in [-0.4, -0.2) is 24.0 Å². The van der Waals surface area contributed by atoms with Gasteiger partial charge in [0.15, 0.2) is 0 Å². The Hall–Kier alpha value is -1.80. The highest BCUT2D eigenvalue weighted by Gasteiger charge is 2.12. The summed E-state index contributed by atoms with van der Waals surface area (Å²) in [4.78, 5) is 9.05. The molecule has 1 aromatic carbocycles. The molecule has 0 aliphatic heterocycles. The van der Waals surface area contributed by atoms with Crippen molar-refractivity contribution in [2.45, 2.75) is 18.2 Å². The molecule has 7 nitrogen and oxygen atoms in total. The molecule has 1 aromatic rings. The number of carboxylic acid groups (broad SMARTS) is 1. The number of hydrogen-bond donors (Lipinski definition) is 4. The molecule has 0 radical (unpaired) electrons. The van der Waals surface area contributed by atoms with Gasteiger partial charge in [0.25, 0.3) is 10.1 Å². The summed E-state index contributed by atoms with van der Waals surface area (Å²) >= 11 is 0. The predicted octanol–water partition coefficient (Wildman–Crippen LogP) is 0.579. The van der Waals surface area contributed by atoms with Crippen molar-refractivity contribution in [1.82, 2.24) is 0 Å². The fraction of sp³-hybridized carbons (Fsp3) is 0.222. The van der Waals surface area contributed by atoms with Gasteiger partial charge in [0.2, 0.25) is 0 Å². The standard InChI is InChI=1S/C6H8N2O3S.C3H6O2/c7-4-1-2-6(5(8)3-4)12(9,10)11;1-2-3(4)5/h1-3H,7-8H2,(H,9,10,11);2H2,1H3,(H,4,5). The van der Waals surface area contributed by atoms with E-state index in [9.17, 15) is 13.2 Å². The average molecular weight is 262 g/mol. The Morgan fingerprint density at radius 3 is 2.12 bits per heavy atom. The van der Waals surface area contributed by atoms with Gasteiger partial charge in [-0.25, -0.2) is 0 Å². The van der Waals surface area contributed by atoms with Crippen LogP contribution in [0.4, 0.5) is 11.4 Å². The number of aliphatic carboxylic acids is 1. The summed E-state index contributed by atoms with van der Waals surface area (Å²) in [5.41, 5.74) is 10.9. The van der Waals surface area contributed by atoms with Gasteiger partial charge in [-0.3, -0.25) is 9.35 Å². The zero-order valence-corrected chi connectivity index (χ0v) is 9.94. The van der Waals surface area contributed by atoms with Crippen molar-refractivity contribution in [2.75, 3.05) is 11.5 Å². The quantitative estimate of drug-likeness (QED) is 0.450. The Bertz CT molecular complexity index is 498. The van der Waals surface area contributed by atoms with E-state index in [0.717, 1.165) is 6.07 Å². The largest absolute Gasteiger partial charge is 0.481 e. The summed E-state index contributed by atoms with van der Waals surface area (Å²) in [7, 11) is -4.23. The summed E-state index contributed by atoms with van der Waals surface area (Å²) in [5.74, 6) is -0.745. The second-order valence-electron chi connectivity index (χ2n) is 3.02. The lowest BCUT2D eigenvalue weighted by Crippen LogP contribution is -2.03. The third kappa shape index (κ3) is 5.73. The molecular weight excluding hydrogens is 248 g/mol. The van der Waals surface area contributed by atoms with Crippen LogP contribution in [0.2, 0.25) is 0 Å². The first-order chi connectivity index (χ1) is 7.68. The van der Waals surface area contributed by atoms with Crippen LogP contribution in [0.1, 0.15) is 13.3 Å². The minimum atomic E-state index is -4.23. The van der Waals surface area contributed by atoms with Crippen molar-refractivity contribution < 1.29 is 22.9 Å². The third-order valence-electron chi connectivity index (χ3n) is 1.61. The van der Waals surface area contributed by atoms with E-state index in [1.807, 2.05) is 0 Å². The molecule has 1 rings (SSSR count). The summed E-state index contributed by atoms with van der Waals surface area (Å²) in [5, 5.41) is 7.72. The maximum Gasteiger partial charge on any atom is 0.303 e. The molecule has 0 atom stereocenters. The molecule has 0 bridgehead atoms. The molecule has 0 fully saturated rings. The normalized spacial score (nSPS) is 10.2. The average Bonchev–Trinajstić information content (AvgIpc) is 2.16. The second-order valence-corrected chi connectivity index (χ2v) is 4.41. The van der Waals surface area contributed by atoms with E-state index in [2.05, 4.69) is 0 Å². The number of carbonyl (C=O) groups is 1. The predicted molar refractivity (Wildman–Crippen MR) is 63.0 cm³/mol. The second kappa shape index (κ2) is 6.06. The van der Waals surface area contributed by atoms with Gasteiger partial charge < -0.3 is 16.6 Å². The molecule has 6 N–H and O–H groups in total. The number of nitrogen functional groups attached to an aromatic ring is 2. The zero-order valence-electron chi connectivity index (χ0n) is 9.12. The fourth-order valence-electron chi connectivity index (χ4n) is 0.802.